The van der Waals surface area contributed by atoms with Gasteiger partial charge in [-0.05, 0) is 0 Å². The molecular formula is C4H7BO3. The molecule has 3 rings (SSSR count). The first-order valence-corrected chi connectivity index (χ1v) is 2.80. The van der Waals surface area contributed by atoms with Gasteiger partial charge in [0.1, 0.15) is 0 Å². The quantitative estimate of drug-likeness (QED) is 0.396. The van der Waals surface area contributed by atoms with E-state index in [0.29, 0.717) is 6.71 Å². The molecule has 4 heteroatoms. The van der Waals surface area contributed by atoms with Crippen molar-refractivity contribution in [3.05, 3.63) is 0 Å². The highest BCUT2D eigenvalue weighted by atomic mass is 16.9. The summed E-state index contributed by atoms with van der Waals surface area (Å²) >= 11 is 0. The monoisotopic (exact) mass is 114 g/mol. The van der Waals surface area contributed by atoms with Gasteiger partial charge in [-0.15, -0.1) is 0 Å². The van der Waals surface area contributed by atoms with Crippen LogP contribution in [-0.4, -0.2) is 32.7 Å². The van der Waals surface area contributed by atoms with E-state index in [9.17, 15) is 0 Å². The van der Waals surface area contributed by atoms with E-state index in [1.54, 1.807) is 0 Å². The summed E-state index contributed by atoms with van der Waals surface area (Å²) in [7, 11) is 0. The highest BCUT2D eigenvalue weighted by Crippen LogP contribution is 2.12. The van der Waals surface area contributed by atoms with Crippen molar-refractivity contribution in [2.24, 2.45) is 0 Å². The van der Waals surface area contributed by atoms with Gasteiger partial charge in [-0.25, -0.2) is 0 Å². The Morgan fingerprint density at radius 3 is 1.62 bits per heavy atom. The van der Waals surface area contributed by atoms with Gasteiger partial charge in [0.25, 0.3) is 6.48 Å². The number of fused-ring (bicyclic) bond motifs is 3. The lowest BCUT2D eigenvalue weighted by Gasteiger charge is -2.33. The molecular weight excluding hydrogens is 107 g/mol. The van der Waals surface area contributed by atoms with Crippen molar-refractivity contribution in [3.63, 3.8) is 0 Å². The summed E-state index contributed by atoms with van der Waals surface area (Å²) in [6, 6.07) is 0. The third kappa shape index (κ3) is 0.651. The largest absolute Gasteiger partial charge is 0.338 e. The molecule has 0 aromatic rings. The first-order valence-electron chi connectivity index (χ1n) is 2.80. The molecule has 3 saturated heterocycles. The van der Waals surface area contributed by atoms with Gasteiger partial charge in [0.15, 0.2) is 0 Å². The Morgan fingerprint density at radius 2 is 1.50 bits per heavy atom. The van der Waals surface area contributed by atoms with Gasteiger partial charge in [0.2, 0.25) is 6.71 Å². The van der Waals surface area contributed by atoms with Crippen LogP contribution in [0.1, 0.15) is 0 Å². The highest BCUT2D eigenvalue weighted by molar-refractivity contribution is 6.58. The Bertz CT molecular complexity index is 66.3. The molecule has 2 bridgehead atoms. The molecule has 44 valence electrons. The van der Waals surface area contributed by atoms with E-state index in [4.69, 9.17) is 14.2 Å². The minimum atomic E-state index is -0.347. The second-order valence-electron chi connectivity index (χ2n) is 2.15. The van der Waals surface area contributed by atoms with E-state index in [-0.39, 0.29) is 6.48 Å². The van der Waals surface area contributed by atoms with Gasteiger partial charge >= 0.3 is 0 Å². The average molecular weight is 114 g/mol. The minimum absolute atomic E-state index is 0.347. The van der Waals surface area contributed by atoms with Crippen LogP contribution in [0.2, 0.25) is 0 Å². The summed E-state index contributed by atoms with van der Waals surface area (Å²) in [5.41, 5.74) is 0. The number of hydrogen-bond donors (Lipinski definition) is 0. The third-order valence-electron chi connectivity index (χ3n) is 1.40. The van der Waals surface area contributed by atoms with Gasteiger partial charge in [-0.1, -0.05) is 0 Å². The van der Waals surface area contributed by atoms with Crippen LogP contribution in [0, 0.1) is 0 Å². The summed E-state index contributed by atoms with van der Waals surface area (Å²) in [4.78, 5) is 0. The summed E-state index contributed by atoms with van der Waals surface area (Å²) in [5, 5.41) is 0. The number of ether oxygens (including phenoxy) is 3. The maximum Gasteiger partial charge on any atom is 0.269 e. The molecule has 0 amide bonds. The molecule has 0 aliphatic carbocycles. The summed E-state index contributed by atoms with van der Waals surface area (Å²) in [6.45, 7) is 2.57. The summed E-state index contributed by atoms with van der Waals surface area (Å²) < 4.78 is 15.1. The Kier molecular flexibility index (Phi) is 1.03. The zero-order valence-corrected chi connectivity index (χ0v) is 4.50. The lowest BCUT2D eigenvalue weighted by molar-refractivity contribution is -0.296. The van der Waals surface area contributed by atoms with Crippen LogP contribution >= 0.6 is 0 Å². The van der Waals surface area contributed by atoms with Crippen molar-refractivity contribution in [2.45, 2.75) is 6.48 Å². The van der Waals surface area contributed by atoms with Crippen molar-refractivity contribution in [1.29, 1.82) is 0 Å². The first kappa shape index (κ1) is 4.79. The summed E-state index contributed by atoms with van der Waals surface area (Å²) in [6.07, 6.45) is 0. The van der Waals surface area contributed by atoms with Crippen LogP contribution in [-0.2, 0) is 14.2 Å². The fourth-order valence-corrected chi connectivity index (χ4v) is 0.933. The first-order chi connectivity index (χ1) is 3.95. The molecule has 3 aliphatic rings. The lowest BCUT2D eigenvalue weighted by Crippen LogP contribution is -2.50. The maximum atomic E-state index is 5.03. The van der Waals surface area contributed by atoms with E-state index in [1.165, 1.54) is 0 Å². The van der Waals surface area contributed by atoms with Gasteiger partial charge < -0.3 is 14.2 Å². The molecule has 0 N–H and O–H groups in total. The Morgan fingerprint density at radius 1 is 1.00 bits per heavy atom. The molecule has 0 radical (unpaired) electrons. The van der Waals surface area contributed by atoms with Crippen LogP contribution in [0.15, 0.2) is 0 Å². The van der Waals surface area contributed by atoms with Gasteiger partial charge in [0, 0.05) is 19.5 Å². The highest BCUT2D eigenvalue weighted by Gasteiger charge is 2.32. The molecule has 0 aromatic heterocycles. The van der Waals surface area contributed by atoms with E-state index in [2.05, 4.69) is 0 Å². The molecule has 0 atom stereocenters. The molecule has 3 heterocycles. The average Bonchev–Trinajstić information content (AvgIpc) is 1.92. The van der Waals surface area contributed by atoms with E-state index >= 15 is 0 Å². The topological polar surface area (TPSA) is 27.7 Å². The number of hydrogen-bond acceptors (Lipinski definition) is 3. The van der Waals surface area contributed by atoms with Crippen molar-refractivity contribution in [1.82, 2.24) is 0 Å². The second-order valence-corrected chi connectivity index (χ2v) is 2.15. The van der Waals surface area contributed by atoms with Crippen molar-refractivity contribution < 1.29 is 14.2 Å². The van der Waals surface area contributed by atoms with Crippen molar-refractivity contribution in [3.8, 4) is 0 Å². The molecule has 0 spiro atoms. The predicted octanol–water partition coefficient (Wildman–Crippen LogP) is -0.541. The molecule has 3 nitrogen and oxygen atoms in total. The Balaban J connectivity index is 2.03. The van der Waals surface area contributed by atoms with Crippen molar-refractivity contribution >= 4 is 6.71 Å². The predicted molar refractivity (Wildman–Crippen MR) is 27.4 cm³/mol. The fraction of sp³-hybridized carbons (Fsp3) is 1.00. The molecule has 3 aliphatic heterocycles. The molecule has 0 aromatic carbocycles. The zero-order valence-electron chi connectivity index (χ0n) is 4.50. The molecule has 0 unspecified atom stereocenters. The van der Waals surface area contributed by atoms with Crippen molar-refractivity contribution in [2.75, 3.05) is 19.5 Å². The van der Waals surface area contributed by atoms with Crippen LogP contribution in [0.3, 0.4) is 0 Å². The van der Waals surface area contributed by atoms with E-state index in [1.807, 2.05) is 0 Å². The molecule has 0 saturated carbocycles. The standard InChI is InChI=1S/C4H7BO3/c1-5-2-7-4(6-1)8-3-5/h4H,1-3H2. The van der Waals surface area contributed by atoms with Crippen LogP contribution in [0.4, 0.5) is 0 Å². The SMILES string of the molecule is C1OC2OCB1CO2. The maximum absolute atomic E-state index is 5.03. The third-order valence-corrected chi connectivity index (χ3v) is 1.40. The van der Waals surface area contributed by atoms with E-state index in [0.717, 1.165) is 19.5 Å². The van der Waals surface area contributed by atoms with Gasteiger partial charge in [0.05, 0.1) is 0 Å². The van der Waals surface area contributed by atoms with Gasteiger partial charge in [-0.2, -0.15) is 0 Å². The zero-order chi connectivity index (χ0) is 5.40. The van der Waals surface area contributed by atoms with E-state index < -0.39 is 0 Å². The van der Waals surface area contributed by atoms with Crippen LogP contribution in [0.5, 0.6) is 0 Å². The molecule has 8 heavy (non-hydrogen) atoms. The fourth-order valence-electron chi connectivity index (χ4n) is 0.933. The summed E-state index contributed by atoms with van der Waals surface area (Å²) in [5.74, 6) is 0. The van der Waals surface area contributed by atoms with Crippen LogP contribution in [0.25, 0.3) is 0 Å². The van der Waals surface area contributed by atoms with Crippen LogP contribution < -0.4 is 0 Å². The normalized spacial score (nSPS) is 29.2. The number of rotatable bonds is 0. The second kappa shape index (κ2) is 1.72. The molecule has 3 fully saturated rings. The smallest absolute Gasteiger partial charge is 0.269 e. The Labute approximate surface area is 48.0 Å². The lowest BCUT2D eigenvalue weighted by atomic mass is 9.51. The van der Waals surface area contributed by atoms with Gasteiger partial charge in [-0.3, -0.25) is 0 Å². The Hall–Kier alpha value is -0.0551. The minimum Gasteiger partial charge on any atom is -0.338 e.